The fourth-order valence-corrected chi connectivity index (χ4v) is 1.49. The maximum atomic E-state index is 10.9. The maximum absolute atomic E-state index is 10.9. The predicted molar refractivity (Wildman–Crippen MR) is 54.1 cm³/mol. The highest BCUT2D eigenvalue weighted by Gasteiger charge is 2.25. The van der Waals surface area contributed by atoms with Crippen molar-refractivity contribution in [2.45, 2.75) is 6.29 Å². The molecule has 7 nitrogen and oxygen atoms in total. The van der Waals surface area contributed by atoms with Crippen LogP contribution in [-0.4, -0.2) is 41.5 Å². The zero-order valence-corrected chi connectivity index (χ0v) is 9.04. The number of ether oxygens (including phenoxy) is 3. The van der Waals surface area contributed by atoms with Gasteiger partial charge >= 0.3 is 5.97 Å². The Kier molecular flexibility index (Phi) is 3.12. The normalized spacial score (nSPS) is 16.1. The van der Waals surface area contributed by atoms with Crippen molar-refractivity contribution < 1.29 is 29.2 Å². The molecule has 2 heterocycles. The van der Waals surface area contributed by atoms with Gasteiger partial charge in [0.25, 0.3) is 0 Å². The van der Waals surface area contributed by atoms with Crippen LogP contribution in [0.4, 0.5) is 0 Å². The Morgan fingerprint density at radius 3 is 2.71 bits per heavy atom. The standard InChI is InChI=1S/C10H11NO6/c1-15-6-4-5(10-16-2-3-17-10)11-7(8(6)12)9(13)14/h4,10,12H,2-3H2,1H3,(H,13,14). The van der Waals surface area contributed by atoms with Crippen LogP contribution in [0.5, 0.6) is 11.5 Å². The summed E-state index contributed by atoms with van der Waals surface area (Å²) in [5.41, 5.74) is -0.229. The van der Waals surface area contributed by atoms with E-state index in [0.717, 1.165) is 0 Å². The van der Waals surface area contributed by atoms with Crippen LogP contribution in [-0.2, 0) is 9.47 Å². The SMILES string of the molecule is COc1cc(C2OCCO2)nc(C(=O)O)c1O. The van der Waals surface area contributed by atoms with Crippen LogP contribution in [0.1, 0.15) is 22.5 Å². The summed E-state index contributed by atoms with van der Waals surface area (Å²) in [7, 11) is 1.32. The molecule has 7 heteroatoms. The topological polar surface area (TPSA) is 98.1 Å². The van der Waals surface area contributed by atoms with E-state index in [-0.39, 0.29) is 11.4 Å². The quantitative estimate of drug-likeness (QED) is 0.796. The molecule has 1 saturated heterocycles. The van der Waals surface area contributed by atoms with Crippen molar-refractivity contribution in [1.29, 1.82) is 0 Å². The smallest absolute Gasteiger partial charge is 0.358 e. The number of rotatable bonds is 3. The Morgan fingerprint density at radius 1 is 1.53 bits per heavy atom. The van der Waals surface area contributed by atoms with Crippen LogP contribution in [0, 0.1) is 0 Å². The van der Waals surface area contributed by atoms with Gasteiger partial charge in [-0.15, -0.1) is 0 Å². The number of pyridine rings is 1. The fraction of sp³-hybridized carbons (Fsp3) is 0.400. The summed E-state index contributed by atoms with van der Waals surface area (Å²) < 4.78 is 15.3. The molecule has 1 aliphatic heterocycles. The van der Waals surface area contributed by atoms with Crippen molar-refractivity contribution in [3.05, 3.63) is 17.5 Å². The second-order valence-electron chi connectivity index (χ2n) is 3.33. The summed E-state index contributed by atoms with van der Waals surface area (Å²) in [6, 6.07) is 1.39. The van der Waals surface area contributed by atoms with Gasteiger partial charge < -0.3 is 24.4 Å². The van der Waals surface area contributed by atoms with Gasteiger partial charge in [0.05, 0.1) is 20.3 Å². The van der Waals surface area contributed by atoms with Gasteiger partial charge in [0.2, 0.25) is 6.29 Å². The summed E-state index contributed by atoms with van der Waals surface area (Å²) >= 11 is 0. The van der Waals surface area contributed by atoms with Gasteiger partial charge in [-0.3, -0.25) is 0 Å². The Hall–Kier alpha value is -1.86. The molecule has 92 valence electrons. The average molecular weight is 241 g/mol. The van der Waals surface area contributed by atoms with Gasteiger partial charge in [0.1, 0.15) is 5.69 Å². The first-order valence-electron chi connectivity index (χ1n) is 4.88. The zero-order chi connectivity index (χ0) is 12.4. The summed E-state index contributed by atoms with van der Waals surface area (Å²) in [6.45, 7) is 0.829. The number of nitrogens with zero attached hydrogens (tertiary/aromatic N) is 1. The molecule has 1 fully saturated rings. The van der Waals surface area contributed by atoms with Crippen LogP contribution in [0.3, 0.4) is 0 Å². The van der Waals surface area contributed by atoms with Crippen molar-refractivity contribution in [2.24, 2.45) is 0 Å². The molecule has 0 aromatic carbocycles. The van der Waals surface area contributed by atoms with Gasteiger partial charge in [-0.25, -0.2) is 9.78 Å². The van der Waals surface area contributed by atoms with Crippen molar-refractivity contribution in [3.63, 3.8) is 0 Å². The Balaban J connectivity index is 2.46. The molecule has 1 aliphatic rings. The second-order valence-corrected chi connectivity index (χ2v) is 3.33. The van der Waals surface area contributed by atoms with E-state index in [1.54, 1.807) is 0 Å². The number of aromatic carboxylic acids is 1. The lowest BCUT2D eigenvalue weighted by atomic mass is 10.2. The summed E-state index contributed by atoms with van der Waals surface area (Å²) in [6.07, 6.45) is -0.720. The minimum atomic E-state index is -1.35. The Bertz CT molecular complexity index is 441. The van der Waals surface area contributed by atoms with E-state index in [9.17, 15) is 9.90 Å². The summed E-state index contributed by atoms with van der Waals surface area (Å²) in [4.78, 5) is 14.7. The minimum Gasteiger partial charge on any atom is -0.503 e. The van der Waals surface area contributed by atoms with Crippen LogP contribution in [0.25, 0.3) is 0 Å². The van der Waals surface area contributed by atoms with Crippen molar-refractivity contribution in [2.75, 3.05) is 20.3 Å². The second kappa shape index (κ2) is 4.56. The molecular formula is C10H11NO6. The van der Waals surface area contributed by atoms with Crippen LogP contribution >= 0.6 is 0 Å². The molecule has 0 spiro atoms. The van der Waals surface area contributed by atoms with Crippen LogP contribution < -0.4 is 4.74 Å². The maximum Gasteiger partial charge on any atom is 0.358 e. The number of carboxylic acid groups (broad SMARTS) is 1. The van der Waals surface area contributed by atoms with Crippen LogP contribution in [0.2, 0.25) is 0 Å². The highest BCUT2D eigenvalue weighted by Crippen LogP contribution is 2.33. The molecule has 1 aromatic heterocycles. The van der Waals surface area contributed by atoms with Crippen LogP contribution in [0.15, 0.2) is 6.07 Å². The number of methoxy groups -OCH3 is 1. The first kappa shape index (κ1) is 11.6. The van der Waals surface area contributed by atoms with E-state index >= 15 is 0 Å². The summed E-state index contributed by atoms with van der Waals surface area (Å²) in [5.74, 6) is -1.84. The van der Waals surface area contributed by atoms with E-state index in [4.69, 9.17) is 19.3 Å². The zero-order valence-electron chi connectivity index (χ0n) is 9.04. The molecule has 0 unspecified atom stereocenters. The highest BCUT2D eigenvalue weighted by atomic mass is 16.7. The minimum absolute atomic E-state index is 0.0199. The van der Waals surface area contributed by atoms with Crippen molar-refractivity contribution in [1.82, 2.24) is 4.98 Å². The molecule has 0 saturated carbocycles. The number of carbonyl (C=O) groups is 1. The first-order chi connectivity index (χ1) is 8.13. The lowest BCUT2D eigenvalue weighted by Gasteiger charge is -2.12. The monoisotopic (exact) mass is 241 g/mol. The number of hydrogen-bond acceptors (Lipinski definition) is 6. The molecule has 17 heavy (non-hydrogen) atoms. The van der Waals surface area contributed by atoms with E-state index in [1.807, 2.05) is 0 Å². The van der Waals surface area contributed by atoms with Gasteiger partial charge in [0, 0.05) is 6.07 Å². The van der Waals surface area contributed by atoms with Gasteiger partial charge in [0.15, 0.2) is 17.2 Å². The molecule has 2 N–H and O–H groups in total. The van der Waals surface area contributed by atoms with E-state index in [0.29, 0.717) is 13.2 Å². The van der Waals surface area contributed by atoms with E-state index < -0.39 is 23.7 Å². The third kappa shape index (κ3) is 2.15. The van der Waals surface area contributed by atoms with Gasteiger partial charge in [-0.1, -0.05) is 0 Å². The number of aromatic hydroxyl groups is 1. The average Bonchev–Trinajstić information content (AvgIpc) is 2.82. The lowest BCUT2D eigenvalue weighted by molar-refractivity contribution is -0.0475. The summed E-state index contributed by atoms with van der Waals surface area (Å²) in [5, 5.41) is 18.5. The molecule has 0 bridgehead atoms. The third-order valence-corrected chi connectivity index (χ3v) is 2.26. The lowest BCUT2D eigenvalue weighted by Crippen LogP contribution is -2.08. The first-order valence-corrected chi connectivity index (χ1v) is 4.88. The Labute approximate surface area is 96.6 Å². The molecule has 0 atom stereocenters. The molecular weight excluding hydrogens is 230 g/mol. The highest BCUT2D eigenvalue weighted by molar-refractivity contribution is 5.89. The Morgan fingerprint density at radius 2 is 2.18 bits per heavy atom. The van der Waals surface area contributed by atoms with Crippen molar-refractivity contribution >= 4 is 5.97 Å². The number of carboxylic acids is 1. The van der Waals surface area contributed by atoms with Gasteiger partial charge in [-0.2, -0.15) is 0 Å². The van der Waals surface area contributed by atoms with E-state index in [1.165, 1.54) is 13.2 Å². The molecule has 2 rings (SSSR count). The van der Waals surface area contributed by atoms with E-state index in [2.05, 4.69) is 4.98 Å². The predicted octanol–water partition coefficient (Wildman–Crippen LogP) is 0.539. The number of hydrogen-bond donors (Lipinski definition) is 2. The molecule has 0 aliphatic carbocycles. The number of aromatic nitrogens is 1. The third-order valence-electron chi connectivity index (χ3n) is 2.26. The van der Waals surface area contributed by atoms with Crippen molar-refractivity contribution in [3.8, 4) is 11.5 Å². The van der Waals surface area contributed by atoms with Gasteiger partial charge in [-0.05, 0) is 0 Å². The fourth-order valence-electron chi connectivity index (χ4n) is 1.49. The largest absolute Gasteiger partial charge is 0.503 e. The molecule has 0 amide bonds. The molecule has 0 radical (unpaired) electrons. The molecule has 1 aromatic rings.